The molecule has 0 bridgehead atoms. The molecule has 0 radical (unpaired) electrons. The van der Waals surface area contributed by atoms with Gasteiger partial charge in [-0.3, -0.25) is 0 Å². The largest absolute Gasteiger partial charge is 0.391 e. The third-order valence-electron chi connectivity index (χ3n) is 4.40. The predicted molar refractivity (Wildman–Crippen MR) is 72.9 cm³/mol. The van der Waals surface area contributed by atoms with Gasteiger partial charge in [-0.25, -0.2) is 9.67 Å². The molecule has 1 saturated heterocycles. The summed E-state index contributed by atoms with van der Waals surface area (Å²) in [4.78, 5) is 7.17. The van der Waals surface area contributed by atoms with E-state index in [-0.39, 0.29) is 6.10 Å². The zero-order chi connectivity index (χ0) is 13.4. The van der Waals surface area contributed by atoms with Gasteiger partial charge in [0.05, 0.1) is 12.6 Å². The molecule has 5 heteroatoms. The molecule has 2 unspecified atom stereocenters. The summed E-state index contributed by atoms with van der Waals surface area (Å²) in [7, 11) is 0. The van der Waals surface area contributed by atoms with E-state index in [1.54, 1.807) is 0 Å². The van der Waals surface area contributed by atoms with Crippen molar-refractivity contribution in [3.63, 3.8) is 0 Å². The molecule has 106 valence electrons. The van der Waals surface area contributed by atoms with Gasteiger partial charge in [-0.15, -0.1) is 0 Å². The summed E-state index contributed by atoms with van der Waals surface area (Å²) in [6, 6.07) is 0.642. The molecule has 3 heterocycles. The van der Waals surface area contributed by atoms with Crippen LogP contribution in [0.25, 0.3) is 0 Å². The monoisotopic (exact) mass is 264 g/mol. The van der Waals surface area contributed by atoms with E-state index in [0.29, 0.717) is 18.5 Å². The maximum absolute atomic E-state index is 9.65. The van der Waals surface area contributed by atoms with Gasteiger partial charge < -0.3 is 10.0 Å². The summed E-state index contributed by atoms with van der Waals surface area (Å²) >= 11 is 0. The van der Waals surface area contributed by atoms with E-state index in [4.69, 9.17) is 0 Å². The number of hydrogen-bond donors (Lipinski definition) is 1. The molecule has 0 amide bonds. The van der Waals surface area contributed by atoms with Gasteiger partial charge in [-0.05, 0) is 39.2 Å². The van der Waals surface area contributed by atoms with E-state index in [1.807, 2.05) is 4.68 Å². The molecule has 1 aromatic rings. The van der Waals surface area contributed by atoms with Crippen LogP contribution in [0, 0.1) is 5.92 Å². The first kappa shape index (κ1) is 13.1. The number of aliphatic hydroxyl groups excluding tert-OH is 1. The number of fused-ring (bicyclic) bond motifs is 1. The van der Waals surface area contributed by atoms with E-state index in [1.165, 1.54) is 19.5 Å². The second-order valence-electron chi connectivity index (χ2n) is 6.27. The molecule has 19 heavy (non-hydrogen) atoms. The predicted octanol–water partition coefficient (Wildman–Crippen LogP) is 0.858. The van der Waals surface area contributed by atoms with Gasteiger partial charge in [0.25, 0.3) is 0 Å². The SMILES string of the molecule is CC(C)N1CCC(Cc2nc3n(n2)CC(O)CC3)C1. The lowest BCUT2D eigenvalue weighted by Crippen LogP contribution is -2.28. The molecule has 1 N–H and O–H groups in total. The Labute approximate surface area is 114 Å². The molecule has 3 rings (SSSR count). The summed E-state index contributed by atoms with van der Waals surface area (Å²) in [5, 5.41) is 14.2. The Morgan fingerprint density at radius 3 is 2.89 bits per heavy atom. The molecule has 5 nitrogen and oxygen atoms in total. The van der Waals surface area contributed by atoms with Gasteiger partial charge in [0.2, 0.25) is 0 Å². The van der Waals surface area contributed by atoms with Crippen LogP contribution >= 0.6 is 0 Å². The van der Waals surface area contributed by atoms with Gasteiger partial charge in [0.15, 0.2) is 5.82 Å². The number of aliphatic hydroxyl groups is 1. The first-order chi connectivity index (χ1) is 9.11. The molecule has 0 spiro atoms. The van der Waals surface area contributed by atoms with Crippen LogP contribution in [0.3, 0.4) is 0 Å². The third-order valence-corrected chi connectivity index (χ3v) is 4.40. The number of nitrogens with zero attached hydrogens (tertiary/aromatic N) is 4. The Morgan fingerprint density at radius 1 is 1.32 bits per heavy atom. The maximum atomic E-state index is 9.65. The third kappa shape index (κ3) is 2.82. The van der Waals surface area contributed by atoms with Crippen LogP contribution in [0.4, 0.5) is 0 Å². The smallest absolute Gasteiger partial charge is 0.151 e. The van der Waals surface area contributed by atoms with Crippen molar-refractivity contribution >= 4 is 0 Å². The van der Waals surface area contributed by atoms with Gasteiger partial charge in [0, 0.05) is 25.4 Å². The van der Waals surface area contributed by atoms with E-state index >= 15 is 0 Å². The summed E-state index contributed by atoms with van der Waals surface area (Å²) in [6.07, 6.45) is 3.67. The Balaban J connectivity index is 1.62. The van der Waals surface area contributed by atoms with Crippen LogP contribution in [0.2, 0.25) is 0 Å². The van der Waals surface area contributed by atoms with Crippen molar-refractivity contribution in [1.82, 2.24) is 19.7 Å². The van der Waals surface area contributed by atoms with Crippen molar-refractivity contribution < 1.29 is 5.11 Å². The highest BCUT2D eigenvalue weighted by Crippen LogP contribution is 2.22. The van der Waals surface area contributed by atoms with Crippen LogP contribution in [-0.2, 0) is 19.4 Å². The van der Waals surface area contributed by atoms with E-state index in [9.17, 15) is 5.11 Å². The van der Waals surface area contributed by atoms with Crippen LogP contribution in [0.15, 0.2) is 0 Å². The van der Waals surface area contributed by atoms with E-state index in [0.717, 1.165) is 30.9 Å². The number of aryl methyl sites for hydroxylation is 1. The minimum Gasteiger partial charge on any atom is -0.391 e. The van der Waals surface area contributed by atoms with Crippen molar-refractivity contribution in [3.05, 3.63) is 11.6 Å². The minimum atomic E-state index is -0.245. The zero-order valence-electron chi connectivity index (χ0n) is 11.9. The molecule has 0 saturated carbocycles. The number of aromatic nitrogens is 3. The Morgan fingerprint density at radius 2 is 2.16 bits per heavy atom. The minimum absolute atomic E-state index is 0.245. The van der Waals surface area contributed by atoms with Crippen LogP contribution in [0.1, 0.15) is 38.3 Å². The average Bonchev–Trinajstić information content (AvgIpc) is 2.95. The summed E-state index contributed by atoms with van der Waals surface area (Å²) in [6.45, 7) is 7.51. The molecule has 1 aromatic heterocycles. The topological polar surface area (TPSA) is 54.2 Å². The van der Waals surface area contributed by atoms with Crippen LogP contribution in [-0.4, -0.2) is 50.0 Å². The van der Waals surface area contributed by atoms with E-state index in [2.05, 4.69) is 28.8 Å². The second-order valence-corrected chi connectivity index (χ2v) is 6.27. The molecule has 0 aliphatic carbocycles. The number of likely N-dealkylation sites (tertiary alicyclic amines) is 1. The fraction of sp³-hybridized carbons (Fsp3) is 0.857. The lowest BCUT2D eigenvalue weighted by atomic mass is 10.0. The van der Waals surface area contributed by atoms with E-state index < -0.39 is 0 Å². The second kappa shape index (κ2) is 5.21. The summed E-state index contributed by atoms with van der Waals surface area (Å²) in [5.74, 6) is 2.72. The van der Waals surface area contributed by atoms with Crippen LogP contribution in [0.5, 0.6) is 0 Å². The molecular formula is C14H24N4O. The molecule has 2 aliphatic heterocycles. The molecule has 2 aliphatic rings. The fourth-order valence-electron chi connectivity index (χ4n) is 3.19. The van der Waals surface area contributed by atoms with Crippen molar-refractivity contribution in [2.45, 2.75) is 58.2 Å². The summed E-state index contributed by atoms with van der Waals surface area (Å²) in [5.41, 5.74) is 0. The Bertz CT molecular complexity index is 443. The van der Waals surface area contributed by atoms with Crippen molar-refractivity contribution in [2.24, 2.45) is 5.92 Å². The number of hydrogen-bond acceptors (Lipinski definition) is 4. The molecule has 1 fully saturated rings. The lowest BCUT2D eigenvalue weighted by Gasteiger charge is -2.19. The molecule has 0 aromatic carbocycles. The first-order valence-electron chi connectivity index (χ1n) is 7.46. The van der Waals surface area contributed by atoms with Gasteiger partial charge in [0.1, 0.15) is 5.82 Å². The van der Waals surface area contributed by atoms with Crippen LogP contribution < -0.4 is 0 Å². The zero-order valence-corrected chi connectivity index (χ0v) is 11.9. The maximum Gasteiger partial charge on any atom is 0.151 e. The highest BCUT2D eigenvalue weighted by molar-refractivity contribution is 4.99. The first-order valence-corrected chi connectivity index (χ1v) is 7.46. The van der Waals surface area contributed by atoms with Gasteiger partial charge in [-0.2, -0.15) is 5.10 Å². The van der Waals surface area contributed by atoms with Gasteiger partial charge >= 0.3 is 0 Å². The quantitative estimate of drug-likeness (QED) is 0.879. The number of rotatable bonds is 3. The lowest BCUT2D eigenvalue weighted by molar-refractivity contribution is 0.124. The summed E-state index contributed by atoms with van der Waals surface area (Å²) < 4.78 is 1.90. The van der Waals surface area contributed by atoms with Crippen molar-refractivity contribution in [1.29, 1.82) is 0 Å². The van der Waals surface area contributed by atoms with Crippen molar-refractivity contribution in [3.8, 4) is 0 Å². The van der Waals surface area contributed by atoms with Gasteiger partial charge in [-0.1, -0.05) is 0 Å². The Hall–Kier alpha value is -0.940. The Kier molecular flexibility index (Phi) is 3.58. The molecule has 2 atom stereocenters. The highest BCUT2D eigenvalue weighted by atomic mass is 16.3. The normalized spacial score (nSPS) is 28.0. The van der Waals surface area contributed by atoms with Crippen molar-refractivity contribution in [2.75, 3.05) is 13.1 Å². The highest BCUT2D eigenvalue weighted by Gasteiger charge is 2.26. The molecular weight excluding hydrogens is 240 g/mol. The average molecular weight is 264 g/mol. The standard InChI is InChI=1S/C14H24N4O/c1-10(2)17-6-5-11(8-17)7-13-15-14-4-3-12(19)9-18(14)16-13/h10-12,19H,3-9H2,1-2H3. The fourth-order valence-corrected chi connectivity index (χ4v) is 3.19.